The van der Waals surface area contributed by atoms with Gasteiger partial charge in [-0.25, -0.2) is 0 Å². The van der Waals surface area contributed by atoms with E-state index in [4.69, 9.17) is 5.11 Å². The summed E-state index contributed by atoms with van der Waals surface area (Å²) in [4.78, 5) is 0. The smallest absolute Gasteiger partial charge is 1.00 e. The number of hydrogen-bond donors (Lipinski definition) is 1. The van der Waals surface area contributed by atoms with Crippen LogP contribution in [0, 0.1) is 0 Å². The zero-order chi connectivity index (χ0) is 3.58. The Hall–Kier alpha value is 1.02. The van der Waals surface area contributed by atoms with Gasteiger partial charge in [0.25, 0.3) is 0 Å². The minimum atomic E-state index is -0.167. The Morgan fingerprint density at radius 2 is 1.33 bits per heavy atom. The molecule has 6 heavy (non-hydrogen) atoms. The molecule has 0 rings (SSSR count). The van der Waals surface area contributed by atoms with Crippen LogP contribution < -0.4 is 12.4 Å². The summed E-state index contributed by atoms with van der Waals surface area (Å²) < 4.78 is 0. The predicted molar refractivity (Wildman–Crippen MR) is 23.1 cm³/mol. The first kappa shape index (κ1) is 15.7. The van der Waals surface area contributed by atoms with Gasteiger partial charge >= 0.3 is 23.1 Å². The van der Waals surface area contributed by atoms with Crippen LogP contribution in [0.3, 0.4) is 0 Å². The molecule has 0 aromatic rings. The largest absolute Gasteiger partial charge is 2.00 e. The van der Waals surface area contributed by atoms with Crippen molar-refractivity contribution in [3.63, 3.8) is 0 Å². The second kappa shape index (κ2) is 9.39. The van der Waals surface area contributed by atoms with Gasteiger partial charge in [-0.15, -0.1) is 0 Å². The van der Waals surface area contributed by atoms with Crippen molar-refractivity contribution in [2.75, 3.05) is 0 Å². The van der Waals surface area contributed by atoms with Crippen molar-refractivity contribution in [2.24, 2.45) is 0 Å². The van der Waals surface area contributed by atoms with E-state index in [0.29, 0.717) is 0 Å². The van der Waals surface area contributed by atoms with E-state index < -0.39 is 0 Å². The minimum absolute atomic E-state index is 0. The van der Waals surface area contributed by atoms with Crippen molar-refractivity contribution in [1.29, 1.82) is 0 Å². The summed E-state index contributed by atoms with van der Waals surface area (Å²) in [6.07, 6.45) is -0.167. The molecular weight excluding hydrogens is 112 g/mol. The second-order valence-corrected chi connectivity index (χ2v) is 1.09. The van der Waals surface area contributed by atoms with Crippen LogP contribution in [0.15, 0.2) is 0 Å². The van der Waals surface area contributed by atoms with Gasteiger partial charge in [0.1, 0.15) is 0 Å². The van der Waals surface area contributed by atoms with Crippen LogP contribution in [0.5, 0.6) is 0 Å². The van der Waals surface area contributed by atoms with Crippen molar-refractivity contribution in [3.8, 4) is 0 Å². The standard InChI is InChI=1S/C3H8O.ClH.Mg/c1-3(2)4;;/h3-4H,1-2H3;1H;/q;;+2/p-1. The molecule has 0 atom stereocenters. The van der Waals surface area contributed by atoms with Gasteiger partial charge in [-0.05, 0) is 13.8 Å². The molecule has 1 nitrogen and oxygen atoms in total. The molecule has 0 saturated carbocycles. The maximum absolute atomic E-state index is 8.06. The van der Waals surface area contributed by atoms with Crippen molar-refractivity contribution in [3.05, 3.63) is 0 Å². The molecule has 0 bridgehead atoms. The van der Waals surface area contributed by atoms with Crippen LogP contribution in [-0.4, -0.2) is 34.3 Å². The Morgan fingerprint density at radius 1 is 1.33 bits per heavy atom. The van der Waals surface area contributed by atoms with E-state index in [1.165, 1.54) is 0 Å². The maximum atomic E-state index is 8.06. The molecule has 0 radical (unpaired) electrons. The first-order chi connectivity index (χ1) is 1.73. The first-order valence-corrected chi connectivity index (χ1v) is 1.41. The van der Waals surface area contributed by atoms with Gasteiger partial charge in [-0.2, -0.15) is 0 Å². The molecule has 0 aromatic carbocycles. The second-order valence-electron chi connectivity index (χ2n) is 1.09. The zero-order valence-corrected chi connectivity index (χ0v) is 6.28. The molecule has 0 spiro atoms. The monoisotopic (exact) mass is 119 g/mol. The number of hydrogen-bond acceptors (Lipinski definition) is 1. The average Bonchev–Trinajstić information content (AvgIpc) is 0.811. The van der Waals surface area contributed by atoms with Gasteiger partial charge in [0, 0.05) is 6.10 Å². The molecule has 0 unspecified atom stereocenters. The van der Waals surface area contributed by atoms with Gasteiger partial charge < -0.3 is 17.5 Å². The molecule has 1 N–H and O–H groups in total. The molecule has 0 aliphatic carbocycles. The topological polar surface area (TPSA) is 20.2 Å². The maximum Gasteiger partial charge on any atom is 2.00 e. The fourth-order valence-corrected chi connectivity index (χ4v) is 0. The summed E-state index contributed by atoms with van der Waals surface area (Å²) in [5.74, 6) is 0. The SMILES string of the molecule is CC(C)O.[Cl-].[Mg+2]. The van der Waals surface area contributed by atoms with Crippen LogP contribution in [0.2, 0.25) is 0 Å². The number of rotatable bonds is 0. The molecule has 3 heteroatoms. The predicted octanol–water partition coefficient (Wildman–Crippen LogP) is -2.99. The van der Waals surface area contributed by atoms with E-state index in [1.807, 2.05) is 0 Å². The van der Waals surface area contributed by atoms with E-state index >= 15 is 0 Å². The number of aliphatic hydroxyl groups excluding tert-OH is 1. The number of aliphatic hydroxyl groups is 1. The molecule has 0 fully saturated rings. The molecule has 34 valence electrons. The Labute approximate surface area is 60.7 Å². The molecule has 0 aliphatic rings. The van der Waals surface area contributed by atoms with Gasteiger partial charge in [0.05, 0.1) is 0 Å². The Bertz CT molecular complexity index is 15.5. The summed E-state index contributed by atoms with van der Waals surface area (Å²) in [5, 5.41) is 8.06. The van der Waals surface area contributed by atoms with Gasteiger partial charge in [0.2, 0.25) is 0 Å². The molecule has 0 heterocycles. The number of halogens is 1. The van der Waals surface area contributed by atoms with E-state index in [-0.39, 0.29) is 41.6 Å². The van der Waals surface area contributed by atoms with Gasteiger partial charge in [-0.1, -0.05) is 0 Å². The third-order valence-electron chi connectivity index (χ3n) is 0. The molecular formula is C3H8ClMgO+. The molecule has 0 aliphatic heterocycles. The van der Waals surface area contributed by atoms with Crippen LogP contribution in [0.25, 0.3) is 0 Å². The molecule has 0 saturated heterocycles. The normalized spacial score (nSPS) is 6.00. The molecule has 0 amide bonds. The van der Waals surface area contributed by atoms with Crippen LogP contribution in [0.1, 0.15) is 13.8 Å². The van der Waals surface area contributed by atoms with Gasteiger partial charge in [0.15, 0.2) is 0 Å². The summed E-state index contributed by atoms with van der Waals surface area (Å²) in [5.41, 5.74) is 0. The first-order valence-electron chi connectivity index (χ1n) is 1.41. The van der Waals surface area contributed by atoms with Gasteiger partial charge in [-0.3, -0.25) is 0 Å². The summed E-state index contributed by atoms with van der Waals surface area (Å²) in [6.45, 7) is 3.44. The zero-order valence-electron chi connectivity index (χ0n) is 4.11. The van der Waals surface area contributed by atoms with Crippen LogP contribution in [-0.2, 0) is 0 Å². The Balaban J connectivity index is -0.0000000450. The van der Waals surface area contributed by atoms with Crippen molar-refractivity contribution >= 4 is 23.1 Å². The fourth-order valence-electron chi connectivity index (χ4n) is 0. The van der Waals surface area contributed by atoms with E-state index in [0.717, 1.165) is 0 Å². The Kier molecular flexibility index (Phi) is 24.6. The average molecular weight is 120 g/mol. The van der Waals surface area contributed by atoms with E-state index in [1.54, 1.807) is 13.8 Å². The third kappa shape index (κ3) is 78.3. The van der Waals surface area contributed by atoms with Crippen molar-refractivity contribution in [2.45, 2.75) is 20.0 Å². The quantitative estimate of drug-likeness (QED) is 0.338. The summed E-state index contributed by atoms with van der Waals surface area (Å²) >= 11 is 0. The Morgan fingerprint density at radius 3 is 1.33 bits per heavy atom. The van der Waals surface area contributed by atoms with Crippen molar-refractivity contribution < 1.29 is 17.5 Å². The van der Waals surface area contributed by atoms with E-state index in [2.05, 4.69) is 0 Å². The van der Waals surface area contributed by atoms with Crippen molar-refractivity contribution in [1.82, 2.24) is 0 Å². The van der Waals surface area contributed by atoms with Crippen LogP contribution in [0.4, 0.5) is 0 Å². The minimum Gasteiger partial charge on any atom is -1.00 e. The third-order valence-corrected chi connectivity index (χ3v) is 0. The summed E-state index contributed by atoms with van der Waals surface area (Å²) in [6, 6.07) is 0. The summed E-state index contributed by atoms with van der Waals surface area (Å²) in [7, 11) is 0. The fraction of sp³-hybridized carbons (Fsp3) is 1.00. The van der Waals surface area contributed by atoms with E-state index in [9.17, 15) is 0 Å². The van der Waals surface area contributed by atoms with Crippen LogP contribution >= 0.6 is 0 Å². The molecule has 0 aromatic heterocycles.